The molecule has 0 amide bonds. The highest BCUT2D eigenvalue weighted by Crippen LogP contribution is 2.67. The van der Waals surface area contributed by atoms with Gasteiger partial charge in [-0.15, -0.1) is 0 Å². The van der Waals surface area contributed by atoms with Gasteiger partial charge in [0.1, 0.15) is 0 Å². The summed E-state index contributed by atoms with van der Waals surface area (Å²) < 4.78 is 0. The topological polar surface area (TPSA) is 0 Å². The van der Waals surface area contributed by atoms with E-state index in [2.05, 4.69) is 34.6 Å². The van der Waals surface area contributed by atoms with Crippen molar-refractivity contribution in [1.29, 1.82) is 0 Å². The van der Waals surface area contributed by atoms with Crippen LogP contribution in [0.5, 0.6) is 0 Å². The van der Waals surface area contributed by atoms with Crippen LogP contribution in [0, 0.1) is 35.0 Å². The maximum Gasteiger partial charge on any atom is -0.0238 e. The van der Waals surface area contributed by atoms with Gasteiger partial charge in [-0.05, 0) is 41.4 Å². The molecule has 0 nitrogen and oxygen atoms in total. The van der Waals surface area contributed by atoms with Crippen LogP contribution >= 0.6 is 0 Å². The van der Waals surface area contributed by atoms with E-state index < -0.39 is 0 Å². The van der Waals surface area contributed by atoms with Crippen molar-refractivity contribution in [2.45, 2.75) is 41.0 Å². The molecule has 0 aliphatic heterocycles. The van der Waals surface area contributed by atoms with Crippen LogP contribution in [0.2, 0.25) is 0 Å². The average molecular weight is 166 g/mol. The zero-order valence-corrected chi connectivity index (χ0v) is 9.09. The lowest BCUT2D eigenvalue weighted by molar-refractivity contribution is -0.0921. The largest absolute Gasteiger partial charge is 0.0622 e. The summed E-state index contributed by atoms with van der Waals surface area (Å²) in [7, 11) is 0. The normalized spacial score (nSPS) is 64.2. The molecule has 2 fully saturated rings. The summed E-state index contributed by atoms with van der Waals surface area (Å²) in [4.78, 5) is 0. The van der Waals surface area contributed by atoms with Gasteiger partial charge in [0, 0.05) is 0 Å². The van der Waals surface area contributed by atoms with Crippen LogP contribution in [0.15, 0.2) is 0 Å². The monoisotopic (exact) mass is 166 g/mol. The second kappa shape index (κ2) is 2.27. The van der Waals surface area contributed by atoms with E-state index in [0.29, 0.717) is 5.41 Å². The van der Waals surface area contributed by atoms with Crippen molar-refractivity contribution in [3.8, 4) is 0 Å². The first kappa shape index (κ1) is 8.59. The van der Waals surface area contributed by atoms with E-state index in [1.807, 2.05) is 0 Å². The molecule has 2 saturated carbocycles. The smallest absolute Gasteiger partial charge is 0.0238 e. The molecule has 2 aliphatic carbocycles. The highest BCUT2D eigenvalue weighted by Gasteiger charge is 2.61. The minimum Gasteiger partial charge on any atom is -0.0622 e. The molecule has 0 aromatic rings. The minimum absolute atomic E-state index is 0.693. The third kappa shape index (κ3) is 0.701. The molecule has 0 radical (unpaired) electrons. The summed E-state index contributed by atoms with van der Waals surface area (Å²) in [5.74, 6) is 4.91. The lowest BCUT2D eigenvalue weighted by Crippen LogP contribution is -2.52. The molecule has 2 aliphatic rings. The summed E-state index contributed by atoms with van der Waals surface area (Å²) in [6.45, 7) is 12.3. The highest BCUT2D eigenvalue weighted by atomic mass is 14.7. The van der Waals surface area contributed by atoms with E-state index >= 15 is 0 Å². The van der Waals surface area contributed by atoms with Crippen LogP contribution in [-0.4, -0.2) is 0 Å². The fourth-order valence-corrected chi connectivity index (χ4v) is 4.14. The lowest BCUT2D eigenvalue weighted by atomic mass is 9.48. The number of hydrogen-bond acceptors (Lipinski definition) is 0. The Morgan fingerprint density at radius 1 is 1.00 bits per heavy atom. The van der Waals surface area contributed by atoms with Crippen molar-refractivity contribution in [2.75, 3.05) is 0 Å². The molecular weight excluding hydrogens is 144 g/mol. The molecule has 12 heavy (non-hydrogen) atoms. The first-order chi connectivity index (χ1) is 5.49. The quantitative estimate of drug-likeness (QED) is 0.516. The van der Waals surface area contributed by atoms with Crippen molar-refractivity contribution in [1.82, 2.24) is 0 Å². The Balaban J connectivity index is 2.26. The Hall–Kier alpha value is 0. The molecule has 0 heterocycles. The van der Waals surface area contributed by atoms with Crippen molar-refractivity contribution < 1.29 is 0 Å². The molecule has 0 saturated heterocycles. The fourth-order valence-electron chi connectivity index (χ4n) is 4.14. The van der Waals surface area contributed by atoms with Crippen molar-refractivity contribution >= 4 is 0 Å². The van der Waals surface area contributed by atoms with Crippen LogP contribution < -0.4 is 0 Å². The number of hydrogen-bond donors (Lipinski definition) is 0. The van der Waals surface area contributed by atoms with Gasteiger partial charge >= 0.3 is 0 Å². The van der Waals surface area contributed by atoms with Gasteiger partial charge in [-0.3, -0.25) is 0 Å². The van der Waals surface area contributed by atoms with Gasteiger partial charge in [0.2, 0.25) is 0 Å². The molecule has 2 rings (SSSR count). The minimum atomic E-state index is 0.693. The van der Waals surface area contributed by atoms with Crippen molar-refractivity contribution in [3.63, 3.8) is 0 Å². The third-order valence-electron chi connectivity index (χ3n) is 5.66. The van der Waals surface area contributed by atoms with E-state index in [-0.39, 0.29) is 0 Å². The van der Waals surface area contributed by atoms with Crippen molar-refractivity contribution in [3.05, 3.63) is 0 Å². The number of fused-ring (bicyclic) bond motifs is 1. The third-order valence-corrected chi connectivity index (χ3v) is 5.66. The van der Waals surface area contributed by atoms with E-state index in [4.69, 9.17) is 0 Å². The van der Waals surface area contributed by atoms with Crippen LogP contribution in [0.1, 0.15) is 41.0 Å². The summed E-state index contributed by atoms with van der Waals surface area (Å²) in [6, 6.07) is 0. The van der Waals surface area contributed by atoms with E-state index in [0.717, 1.165) is 29.6 Å². The molecule has 0 bridgehead atoms. The van der Waals surface area contributed by atoms with Crippen molar-refractivity contribution in [2.24, 2.45) is 35.0 Å². The second-order valence-electron chi connectivity index (χ2n) is 5.62. The maximum absolute atomic E-state index is 2.52. The molecule has 0 aromatic carbocycles. The average Bonchev–Trinajstić information content (AvgIpc) is 2.27. The fraction of sp³-hybridized carbons (Fsp3) is 1.00. The SMILES string of the molecule is CC1CC2C(C)C(C)C2(C)C1C. The van der Waals surface area contributed by atoms with Crippen LogP contribution in [0.4, 0.5) is 0 Å². The predicted octanol–water partition coefficient (Wildman–Crippen LogP) is 3.57. The van der Waals surface area contributed by atoms with Gasteiger partial charge in [-0.1, -0.05) is 34.6 Å². The highest BCUT2D eigenvalue weighted by molar-refractivity contribution is 5.09. The van der Waals surface area contributed by atoms with Gasteiger partial charge in [0.25, 0.3) is 0 Å². The second-order valence-corrected chi connectivity index (χ2v) is 5.62. The molecular formula is C12H22. The van der Waals surface area contributed by atoms with E-state index in [1.54, 1.807) is 0 Å². The lowest BCUT2D eigenvalue weighted by Gasteiger charge is -2.57. The first-order valence-electron chi connectivity index (χ1n) is 5.49. The van der Waals surface area contributed by atoms with Crippen LogP contribution in [-0.2, 0) is 0 Å². The van der Waals surface area contributed by atoms with Gasteiger partial charge in [-0.2, -0.15) is 0 Å². The standard InChI is InChI=1S/C12H22/c1-7-6-11-8(2)10(4)12(11,5)9(7)3/h7-11H,6H2,1-5H3. The van der Waals surface area contributed by atoms with Gasteiger partial charge in [0.15, 0.2) is 0 Å². The van der Waals surface area contributed by atoms with Crippen LogP contribution in [0.25, 0.3) is 0 Å². The van der Waals surface area contributed by atoms with E-state index in [9.17, 15) is 0 Å². The zero-order valence-electron chi connectivity index (χ0n) is 9.09. The Bertz CT molecular complexity index is 196. The molecule has 70 valence electrons. The van der Waals surface area contributed by atoms with E-state index in [1.165, 1.54) is 6.42 Å². The summed E-state index contributed by atoms with van der Waals surface area (Å²) >= 11 is 0. The molecule has 0 aromatic heterocycles. The predicted molar refractivity (Wildman–Crippen MR) is 52.9 cm³/mol. The molecule has 0 N–H and O–H groups in total. The van der Waals surface area contributed by atoms with Gasteiger partial charge in [-0.25, -0.2) is 0 Å². The Labute approximate surface area is 76.7 Å². The first-order valence-corrected chi connectivity index (χ1v) is 5.49. The summed E-state index contributed by atoms with van der Waals surface area (Å²) in [6.07, 6.45) is 1.49. The van der Waals surface area contributed by atoms with Crippen LogP contribution in [0.3, 0.4) is 0 Å². The Morgan fingerprint density at radius 3 is 2.08 bits per heavy atom. The Morgan fingerprint density at radius 2 is 1.58 bits per heavy atom. The zero-order chi connectivity index (χ0) is 9.09. The maximum atomic E-state index is 2.52. The molecule has 6 unspecified atom stereocenters. The number of rotatable bonds is 0. The summed E-state index contributed by atoms with van der Waals surface area (Å²) in [5.41, 5.74) is 0.693. The van der Waals surface area contributed by atoms with Gasteiger partial charge in [0.05, 0.1) is 0 Å². The summed E-state index contributed by atoms with van der Waals surface area (Å²) in [5, 5.41) is 0. The Kier molecular flexibility index (Phi) is 1.63. The molecule has 6 atom stereocenters. The molecule has 0 heteroatoms. The molecule has 0 spiro atoms. The van der Waals surface area contributed by atoms with Gasteiger partial charge < -0.3 is 0 Å².